The van der Waals surface area contributed by atoms with Crippen molar-refractivity contribution in [1.82, 2.24) is 4.98 Å². The molecule has 0 radical (unpaired) electrons. The largest absolute Gasteiger partial charge is 0.490 e. The van der Waals surface area contributed by atoms with Crippen molar-refractivity contribution in [3.05, 3.63) is 59.3 Å². The smallest absolute Gasteiger partial charge is 0.259 e. The lowest BCUT2D eigenvalue weighted by Gasteiger charge is -2.12. The number of nitrogens with two attached hydrogens (primary N) is 1. The minimum atomic E-state index is -0.752. The van der Waals surface area contributed by atoms with Crippen molar-refractivity contribution < 1.29 is 18.3 Å². The number of hydrogen-bond acceptors (Lipinski definition) is 4. The SMILES string of the molecule is CCC=CCCOc1cccc(NC(=O)c2cc(C)c(F)nc2N)c1F. The molecule has 0 unspecified atom stereocenters. The molecule has 0 bridgehead atoms. The number of amides is 1. The summed E-state index contributed by atoms with van der Waals surface area (Å²) in [6.45, 7) is 3.80. The second-order valence-electron chi connectivity index (χ2n) is 5.62. The van der Waals surface area contributed by atoms with Gasteiger partial charge in [0.15, 0.2) is 11.6 Å². The van der Waals surface area contributed by atoms with E-state index in [2.05, 4.69) is 10.3 Å². The molecule has 0 saturated carbocycles. The van der Waals surface area contributed by atoms with Gasteiger partial charge in [0, 0.05) is 5.56 Å². The molecule has 138 valence electrons. The number of aromatic nitrogens is 1. The molecule has 0 spiro atoms. The van der Waals surface area contributed by atoms with Crippen molar-refractivity contribution in [1.29, 1.82) is 0 Å². The summed E-state index contributed by atoms with van der Waals surface area (Å²) < 4.78 is 33.3. The summed E-state index contributed by atoms with van der Waals surface area (Å²) in [7, 11) is 0. The van der Waals surface area contributed by atoms with E-state index in [1.165, 1.54) is 25.1 Å². The summed E-state index contributed by atoms with van der Waals surface area (Å²) in [5.41, 5.74) is 5.66. The number of rotatable bonds is 7. The Kier molecular flexibility index (Phi) is 6.66. The van der Waals surface area contributed by atoms with Crippen LogP contribution in [0.4, 0.5) is 20.3 Å². The predicted octanol–water partition coefficient (Wildman–Crippen LogP) is 4.24. The summed E-state index contributed by atoms with van der Waals surface area (Å²) in [5.74, 6) is -2.35. The van der Waals surface area contributed by atoms with E-state index in [-0.39, 0.29) is 28.4 Å². The second-order valence-corrected chi connectivity index (χ2v) is 5.62. The van der Waals surface area contributed by atoms with E-state index in [1.54, 1.807) is 6.07 Å². The topological polar surface area (TPSA) is 77.2 Å². The number of pyridine rings is 1. The molecule has 2 aromatic rings. The minimum Gasteiger partial charge on any atom is -0.490 e. The number of allylic oxidation sites excluding steroid dienone is 1. The van der Waals surface area contributed by atoms with E-state index in [9.17, 15) is 13.6 Å². The Hall–Kier alpha value is -2.96. The van der Waals surface area contributed by atoms with Crippen molar-refractivity contribution >= 4 is 17.4 Å². The number of hydrogen-bond donors (Lipinski definition) is 2. The predicted molar refractivity (Wildman–Crippen MR) is 97.2 cm³/mol. The van der Waals surface area contributed by atoms with Gasteiger partial charge in [-0.1, -0.05) is 25.1 Å². The second kappa shape index (κ2) is 8.94. The van der Waals surface area contributed by atoms with Crippen LogP contribution in [-0.2, 0) is 0 Å². The number of anilines is 2. The molecular weight excluding hydrogens is 340 g/mol. The number of nitrogens with one attached hydrogen (secondary N) is 1. The molecule has 0 aliphatic carbocycles. The van der Waals surface area contributed by atoms with Gasteiger partial charge in [-0.25, -0.2) is 9.37 Å². The first-order valence-electron chi connectivity index (χ1n) is 8.24. The van der Waals surface area contributed by atoms with Gasteiger partial charge < -0.3 is 15.8 Å². The fraction of sp³-hybridized carbons (Fsp3) is 0.263. The average molecular weight is 361 g/mol. The maximum atomic E-state index is 14.5. The zero-order valence-corrected chi connectivity index (χ0v) is 14.7. The number of halogens is 2. The van der Waals surface area contributed by atoms with Gasteiger partial charge in [-0.2, -0.15) is 4.39 Å². The molecular formula is C19H21F2N3O2. The maximum Gasteiger partial charge on any atom is 0.259 e. The third-order valence-electron chi connectivity index (χ3n) is 3.58. The Bertz CT molecular complexity index is 823. The van der Waals surface area contributed by atoms with E-state index in [0.717, 1.165) is 6.42 Å². The molecule has 7 heteroatoms. The Balaban J connectivity index is 2.12. The zero-order valence-electron chi connectivity index (χ0n) is 14.7. The molecule has 1 aromatic carbocycles. The summed E-state index contributed by atoms with van der Waals surface area (Å²) in [4.78, 5) is 15.8. The Morgan fingerprint density at radius 1 is 1.35 bits per heavy atom. The highest BCUT2D eigenvalue weighted by Gasteiger charge is 2.17. The molecule has 3 N–H and O–H groups in total. The number of aryl methyl sites for hydroxylation is 1. The van der Waals surface area contributed by atoms with E-state index in [1.807, 2.05) is 19.1 Å². The van der Waals surface area contributed by atoms with Gasteiger partial charge in [0.1, 0.15) is 5.82 Å². The monoisotopic (exact) mass is 361 g/mol. The van der Waals surface area contributed by atoms with E-state index in [4.69, 9.17) is 10.5 Å². The van der Waals surface area contributed by atoms with Gasteiger partial charge >= 0.3 is 0 Å². The number of ether oxygens (including phenoxy) is 1. The van der Waals surface area contributed by atoms with E-state index >= 15 is 0 Å². The lowest BCUT2D eigenvalue weighted by molar-refractivity contribution is 0.102. The first-order valence-corrected chi connectivity index (χ1v) is 8.24. The first-order chi connectivity index (χ1) is 12.4. The van der Waals surface area contributed by atoms with Crippen LogP contribution in [0.2, 0.25) is 0 Å². The van der Waals surface area contributed by atoms with Gasteiger partial charge in [0.25, 0.3) is 5.91 Å². The Morgan fingerprint density at radius 2 is 2.12 bits per heavy atom. The highest BCUT2D eigenvalue weighted by molar-refractivity contribution is 6.07. The van der Waals surface area contributed by atoms with Gasteiger partial charge in [0.2, 0.25) is 5.95 Å². The van der Waals surface area contributed by atoms with Crippen molar-refractivity contribution in [2.75, 3.05) is 17.7 Å². The zero-order chi connectivity index (χ0) is 19.1. The lowest BCUT2D eigenvalue weighted by Crippen LogP contribution is -2.17. The number of nitrogen functional groups attached to an aromatic ring is 1. The van der Waals surface area contributed by atoms with Crippen molar-refractivity contribution in [3.63, 3.8) is 0 Å². The van der Waals surface area contributed by atoms with Gasteiger partial charge in [-0.3, -0.25) is 4.79 Å². The van der Waals surface area contributed by atoms with Crippen LogP contribution in [0.3, 0.4) is 0 Å². The van der Waals surface area contributed by atoms with Crippen LogP contribution >= 0.6 is 0 Å². The maximum absolute atomic E-state index is 14.5. The van der Waals surface area contributed by atoms with Gasteiger partial charge in [-0.05, 0) is 38.0 Å². The summed E-state index contributed by atoms with van der Waals surface area (Å²) >= 11 is 0. The number of nitrogens with zero attached hydrogens (tertiary/aromatic N) is 1. The van der Waals surface area contributed by atoms with Crippen LogP contribution in [0.5, 0.6) is 5.75 Å². The molecule has 0 fully saturated rings. The third-order valence-corrected chi connectivity index (χ3v) is 3.58. The highest BCUT2D eigenvalue weighted by Crippen LogP contribution is 2.25. The fourth-order valence-electron chi connectivity index (χ4n) is 2.22. The Labute approximate surface area is 150 Å². The van der Waals surface area contributed by atoms with Crippen LogP contribution < -0.4 is 15.8 Å². The molecule has 1 heterocycles. The van der Waals surface area contributed by atoms with Gasteiger partial charge in [-0.15, -0.1) is 0 Å². The van der Waals surface area contributed by atoms with Crippen LogP contribution in [0.25, 0.3) is 0 Å². The lowest BCUT2D eigenvalue weighted by atomic mass is 10.1. The molecule has 26 heavy (non-hydrogen) atoms. The Morgan fingerprint density at radius 3 is 2.85 bits per heavy atom. The summed E-state index contributed by atoms with van der Waals surface area (Å²) in [5, 5.41) is 2.41. The van der Waals surface area contributed by atoms with Crippen LogP contribution in [0.15, 0.2) is 36.4 Å². The van der Waals surface area contributed by atoms with Crippen LogP contribution in [-0.4, -0.2) is 17.5 Å². The standard InChI is InChI=1S/C19H21F2N3O2/c1-3-4-5-6-10-26-15-9-7-8-14(16(15)20)23-19(25)13-11-12(2)17(21)24-18(13)22/h4-5,7-9,11H,3,6,10H2,1-2H3,(H2,22,24)(H,23,25). The molecule has 1 aromatic heterocycles. The molecule has 5 nitrogen and oxygen atoms in total. The van der Waals surface area contributed by atoms with Crippen LogP contribution in [0, 0.1) is 18.7 Å². The number of benzene rings is 1. The van der Waals surface area contributed by atoms with Gasteiger partial charge in [0.05, 0.1) is 17.9 Å². The van der Waals surface area contributed by atoms with Crippen molar-refractivity contribution in [3.8, 4) is 5.75 Å². The normalized spacial score (nSPS) is 10.9. The third kappa shape index (κ3) is 4.78. The summed E-state index contributed by atoms with van der Waals surface area (Å²) in [6.07, 6.45) is 5.54. The van der Waals surface area contributed by atoms with Crippen molar-refractivity contribution in [2.24, 2.45) is 0 Å². The van der Waals surface area contributed by atoms with E-state index < -0.39 is 17.7 Å². The highest BCUT2D eigenvalue weighted by atomic mass is 19.1. The molecule has 0 atom stereocenters. The first kappa shape index (κ1) is 19.4. The molecule has 2 rings (SSSR count). The van der Waals surface area contributed by atoms with Crippen LogP contribution in [0.1, 0.15) is 35.7 Å². The average Bonchev–Trinajstić information content (AvgIpc) is 2.60. The minimum absolute atomic E-state index is 0.0284. The molecule has 0 aliphatic heterocycles. The summed E-state index contributed by atoms with van der Waals surface area (Å²) in [6, 6.07) is 5.71. The fourth-order valence-corrected chi connectivity index (χ4v) is 2.22. The number of carbonyl (C=O) groups is 1. The molecule has 0 aliphatic rings. The molecule has 1 amide bonds. The molecule has 0 saturated heterocycles. The quantitative estimate of drug-likeness (QED) is 0.439. The van der Waals surface area contributed by atoms with E-state index in [0.29, 0.717) is 13.0 Å². The number of carbonyl (C=O) groups excluding carboxylic acids is 1. The van der Waals surface area contributed by atoms with Crippen molar-refractivity contribution in [2.45, 2.75) is 26.7 Å².